The number of hydrazone groups is 1. The summed E-state index contributed by atoms with van der Waals surface area (Å²) in [4.78, 5) is 20.9. The second-order valence-corrected chi connectivity index (χ2v) is 6.74. The van der Waals surface area contributed by atoms with Crippen LogP contribution in [0.3, 0.4) is 0 Å². The lowest BCUT2D eigenvalue weighted by Gasteiger charge is -2.23. The summed E-state index contributed by atoms with van der Waals surface area (Å²) in [6, 6.07) is 18.0. The number of non-ortho nitro benzene ring substituents is 2. The minimum atomic E-state index is -0.475. The van der Waals surface area contributed by atoms with E-state index in [0.29, 0.717) is 17.8 Å². The van der Waals surface area contributed by atoms with Crippen molar-refractivity contribution in [2.24, 2.45) is 5.10 Å². The molecule has 1 atom stereocenters. The molecule has 8 nitrogen and oxygen atoms in total. The summed E-state index contributed by atoms with van der Waals surface area (Å²) in [6.07, 6.45) is 0.487. The standard InChI is InChI=1S/C21H15FN4O4/c22-16-5-1-15(2-6-16)21-13-20(14-3-7-18(8-4-14)25(27)28)23-24(21)17-9-11-19(12-10-17)26(29)30/h1-12,21H,13H2/t21-/m0/s1. The first-order valence-electron chi connectivity index (χ1n) is 9.04. The number of anilines is 1. The van der Waals surface area contributed by atoms with E-state index in [2.05, 4.69) is 5.10 Å². The van der Waals surface area contributed by atoms with Crippen LogP contribution in [0.1, 0.15) is 23.6 Å². The number of nitro benzene ring substituents is 2. The average Bonchev–Trinajstić information content (AvgIpc) is 3.20. The molecule has 1 aliphatic rings. The summed E-state index contributed by atoms with van der Waals surface area (Å²) in [5.41, 5.74) is 2.87. The van der Waals surface area contributed by atoms with Crippen molar-refractivity contribution in [1.29, 1.82) is 0 Å². The van der Waals surface area contributed by atoms with Gasteiger partial charge in [-0.3, -0.25) is 25.2 Å². The zero-order valence-corrected chi connectivity index (χ0v) is 15.5. The maximum absolute atomic E-state index is 13.4. The van der Waals surface area contributed by atoms with Crippen molar-refractivity contribution >= 4 is 22.8 Å². The molecule has 0 radical (unpaired) electrons. The summed E-state index contributed by atoms with van der Waals surface area (Å²) in [5, 5.41) is 28.2. The minimum Gasteiger partial charge on any atom is -0.258 e. The van der Waals surface area contributed by atoms with Gasteiger partial charge in [-0.05, 0) is 47.5 Å². The Kier molecular flexibility index (Phi) is 4.93. The topological polar surface area (TPSA) is 102 Å². The van der Waals surface area contributed by atoms with Crippen molar-refractivity contribution in [2.45, 2.75) is 12.5 Å². The Morgan fingerprint density at radius 1 is 0.833 bits per heavy atom. The molecule has 0 saturated carbocycles. The van der Waals surface area contributed by atoms with Crippen LogP contribution in [-0.2, 0) is 0 Å². The number of nitro groups is 2. The minimum absolute atomic E-state index is 0.0142. The molecule has 0 saturated heterocycles. The molecule has 30 heavy (non-hydrogen) atoms. The van der Waals surface area contributed by atoms with E-state index in [-0.39, 0.29) is 23.2 Å². The number of halogens is 1. The molecule has 3 aromatic carbocycles. The third-order valence-electron chi connectivity index (χ3n) is 4.90. The molecule has 9 heteroatoms. The number of hydrogen-bond acceptors (Lipinski definition) is 6. The monoisotopic (exact) mass is 406 g/mol. The van der Waals surface area contributed by atoms with Crippen molar-refractivity contribution < 1.29 is 14.2 Å². The molecule has 0 fully saturated rings. The van der Waals surface area contributed by atoms with E-state index >= 15 is 0 Å². The lowest BCUT2D eigenvalue weighted by Crippen LogP contribution is -2.18. The van der Waals surface area contributed by atoms with Gasteiger partial charge in [0, 0.05) is 30.7 Å². The number of hydrogen-bond donors (Lipinski definition) is 0. The van der Waals surface area contributed by atoms with Crippen LogP contribution < -0.4 is 5.01 Å². The van der Waals surface area contributed by atoms with Gasteiger partial charge in [0.15, 0.2) is 0 Å². The number of nitrogens with zero attached hydrogens (tertiary/aromatic N) is 4. The molecule has 0 unspecified atom stereocenters. The Morgan fingerprint density at radius 2 is 1.37 bits per heavy atom. The van der Waals surface area contributed by atoms with Gasteiger partial charge in [-0.2, -0.15) is 5.10 Å². The predicted molar refractivity (Wildman–Crippen MR) is 109 cm³/mol. The molecule has 0 aliphatic carbocycles. The van der Waals surface area contributed by atoms with Crippen LogP contribution in [0, 0.1) is 26.0 Å². The highest BCUT2D eigenvalue weighted by molar-refractivity contribution is 6.03. The van der Waals surface area contributed by atoms with Gasteiger partial charge >= 0.3 is 0 Å². The lowest BCUT2D eigenvalue weighted by atomic mass is 9.98. The normalized spacial score (nSPS) is 15.7. The highest BCUT2D eigenvalue weighted by Crippen LogP contribution is 2.37. The first-order valence-corrected chi connectivity index (χ1v) is 9.04. The highest BCUT2D eigenvalue weighted by Gasteiger charge is 2.30. The molecule has 1 aliphatic heterocycles. The Hall–Kier alpha value is -4.14. The van der Waals surface area contributed by atoms with Crippen LogP contribution in [0.25, 0.3) is 0 Å². The molecular formula is C21H15FN4O4. The zero-order chi connectivity index (χ0) is 21.3. The van der Waals surface area contributed by atoms with Crippen LogP contribution in [0.2, 0.25) is 0 Å². The molecular weight excluding hydrogens is 391 g/mol. The smallest absolute Gasteiger partial charge is 0.258 e. The van der Waals surface area contributed by atoms with E-state index in [9.17, 15) is 24.6 Å². The van der Waals surface area contributed by atoms with E-state index < -0.39 is 9.85 Å². The Balaban J connectivity index is 1.71. The second-order valence-electron chi connectivity index (χ2n) is 6.74. The van der Waals surface area contributed by atoms with Crippen molar-refractivity contribution in [3.05, 3.63) is 110 Å². The fourth-order valence-electron chi connectivity index (χ4n) is 3.37. The van der Waals surface area contributed by atoms with Crippen LogP contribution in [0.5, 0.6) is 0 Å². The van der Waals surface area contributed by atoms with E-state index in [1.54, 1.807) is 41.4 Å². The molecule has 4 rings (SSSR count). The largest absolute Gasteiger partial charge is 0.269 e. The number of rotatable bonds is 5. The Morgan fingerprint density at radius 3 is 1.90 bits per heavy atom. The first kappa shape index (κ1) is 19.2. The second kappa shape index (κ2) is 7.70. The van der Waals surface area contributed by atoms with Crippen molar-refractivity contribution in [3.63, 3.8) is 0 Å². The van der Waals surface area contributed by atoms with E-state index in [0.717, 1.165) is 11.1 Å². The molecule has 0 bridgehead atoms. The van der Waals surface area contributed by atoms with Crippen molar-refractivity contribution in [1.82, 2.24) is 0 Å². The van der Waals surface area contributed by atoms with Gasteiger partial charge in [-0.1, -0.05) is 12.1 Å². The average molecular weight is 406 g/mol. The molecule has 0 spiro atoms. The molecule has 3 aromatic rings. The van der Waals surface area contributed by atoms with Crippen molar-refractivity contribution in [3.8, 4) is 0 Å². The van der Waals surface area contributed by atoms with Crippen LogP contribution in [-0.4, -0.2) is 15.6 Å². The van der Waals surface area contributed by atoms with Crippen molar-refractivity contribution in [2.75, 3.05) is 5.01 Å². The quantitative estimate of drug-likeness (QED) is 0.438. The van der Waals surface area contributed by atoms with E-state index in [4.69, 9.17) is 0 Å². The van der Waals surface area contributed by atoms with Gasteiger partial charge in [0.1, 0.15) is 5.82 Å². The molecule has 150 valence electrons. The van der Waals surface area contributed by atoms with Gasteiger partial charge in [0.2, 0.25) is 0 Å². The molecule has 0 N–H and O–H groups in total. The third-order valence-corrected chi connectivity index (χ3v) is 4.90. The fourth-order valence-corrected chi connectivity index (χ4v) is 3.37. The molecule has 0 amide bonds. The SMILES string of the molecule is O=[N+]([O-])c1ccc(C2=NN(c3ccc([N+](=O)[O-])cc3)[C@H](c3ccc(F)cc3)C2)cc1. The van der Waals surface area contributed by atoms with E-state index in [1.807, 2.05) is 0 Å². The van der Waals surface area contributed by atoms with Crippen LogP contribution >= 0.6 is 0 Å². The van der Waals surface area contributed by atoms with E-state index in [1.165, 1.54) is 36.4 Å². The number of benzene rings is 3. The fraction of sp³-hybridized carbons (Fsp3) is 0.0952. The Bertz CT molecular complexity index is 1130. The summed E-state index contributed by atoms with van der Waals surface area (Å²) in [7, 11) is 0. The van der Waals surface area contributed by atoms with Gasteiger partial charge in [-0.15, -0.1) is 0 Å². The van der Waals surface area contributed by atoms with Crippen LogP contribution in [0.15, 0.2) is 77.9 Å². The van der Waals surface area contributed by atoms with Gasteiger partial charge in [0.25, 0.3) is 11.4 Å². The lowest BCUT2D eigenvalue weighted by molar-refractivity contribution is -0.385. The molecule has 0 aromatic heterocycles. The third kappa shape index (κ3) is 3.72. The Labute approximate surface area is 170 Å². The summed E-state index contributed by atoms with van der Waals surface area (Å²) < 4.78 is 13.4. The maximum Gasteiger partial charge on any atom is 0.269 e. The summed E-state index contributed by atoms with van der Waals surface area (Å²) >= 11 is 0. The summed E-state index contributed by atoms with van der Waals surface area (Å²) in [5.74, 6) is -0.352. The first-order chi connectivity index (χ1) is 14.4. The summed E-state index contributed by atoms with van der Waals surface area (Å²) in [6.45, 7) is 0. The van der Waals surface area contributed by atoms with Crippen LogP contribution in [0.4, 0.5) is 21.5 Å². The highest BCUT2D eigenvalue weighted by atomic mass is 19.1. The van der Waals surface area contributed by atoms with Gasteiger partial charge in [-0.25, -0.2) is 4.39 Å². The van der Waals surface area contributed by atoms with Gasteiger partial charge in [0.05, 0.1) is 27.3 Å². The molecule has 1 heterocycles. The zero-order valence-electron chi connectivity index (χ0n) is 15.5. The maximum atomic E-state index is 13.4. The predicted octanol–water partition coefficient (Wildman–Crippen LogP) is 5.00. The van der Waals surface area contributed by atoms with Gasteiger partial charge < -0.3 is 0 Å².